The van der Waals surface area contributed by atoms with Crippen LogP contribution in [-0.2, 0) is 0 Å². The van der Waals surface area contributed by atoms with Crippen molar-refractivity contribution in [2.24, 2.45) is 4.99 Å². The average molecular weight is 452 g/mol. The third-order valence-corrected chi connectivity index (χ3v) is 4.90. The summed E-state index contributed by atoms with van der Waals surface area (Å²) in [5.74, 6) is 0.787. The van der Waals surface area contributed by atoms with Crippen LogP contribution in [0.15, 0.2) is 29.3 Å². The first-order valence-corrected chi connectivity index (χ1v) is 8.91. The summed E-state index contributed by atoms with van der Waals surface area (Å²) in [4.78, 5) is 8.95. The molecule has 4 nitrogen and oxygen atoms in total. The summed E-state index contributed by atoms with van der Waals surface area (Å²) in [6.45, 7) is 6.81. The van der Waals surface area contributed by atoms with Gasteiger partial charge in [0.15, 0.2) is 5.96 Å². The first-order chi connectivity index (χ1) is 10.6. The molecule has 0 aromatic heterocycles. The molecule has 1 atom stereocenters. The molecule has 1 aliphatic heterocycles. The van der Waals surface area contributed by atoms with Gasteiger partial charge >= 0.3 is 0 Å². The fourth-order valence-corrected chi connectivity index (χ4v) is 2.73. The highest BCUT2D eigenvalue weighted by Crippen LogP contribution is 2.17. The summed E-state index contributed by atoms with van der Waals surface area (Å²) < 4.78 is 13.0. The second-order valence-electron chi connectivity index (χ2n) is 5.42. The number of guanidine groups is 1. The molecule has 23 heavy (non-hydrogen) atoms. The molecular weight excluding hydrogens is 426 g/mol. The smallest absolute Gasteiger partial charge is 0.193 e. The predicted molar refractivity (Wildman–Crippen MR) is 110 cm³/mol. The summed E-state index contributed by atoms with van der Waals surface area (Å²) in [7, 11) is 1.83. The molecule has 0 saturated carbocycles. The van der Waals surface area contributed by atoms with Gasteiger partial charge in [0.25, 0.3) is 0 Å². The maximum absolute atomic E-state index is 13.0. The zero-order valence-electron chi connectivity index (χ0n) is 14.0. The molecule has 1 aromatic rings. The van der Waals surface area contributed by atoms with Crippen LogP contribution in [0.4, 0.5) is 10.1 Å². The number of anilines is 1. The first-order valence-electron chi connectivity index (χ1n) is 7.63. The second kappa shape index (κ2) is 10.2. The summed E-state index contributed by atoms with van der Waals surface area (Å²) in [5, 5.41) is 4.01. The number of hydrogen-bond donors (Lipinski definition) is 1. The number of piperazine rings is 1. The van der Waals surface area contributed by atoms with Crippen LogP contribution in [0.1, 0.15) is 6.92 Å². The van der Waals surface area contributed by atoms with E-state index >= 15 is 0 Å². The normalized spacial score (nSPS) is 16.8. The average Bonchev–Trinajstić information content (AvgIpc) is 2.56. The van der Waals surface area contributed by atoms with E-state index in [-0.39, 0.29) is 29.8 Å². The van der Waals surface area contributed by atoms with E-state index in [9.17, 15) is 4.39 Å². The van der Waals surface area contributed by atoms with E-state index in [1.54, 1.807) is 0 Å². The fraction of sp³-hybridized carbons (Fsp3) is 0.562. The van der Waals surface area contributed by atoms with E-state index in [1.807, 2.05) is 30.9 Å². The molecule has 0 amide bonds. The SMILES string of the molecule is CN=C(NCC(C)SC)N1CCN(c2ccc(F)cc2)CC1.I. The third kappa shape index (κ3) is 6.02. The lowest BCUT2D eigenvalue weighted by Crippen LogP contribution is -2.53. The van der Waals surface area contributed by atoms with Crippen molar-refractivity contribution >= 4 is 47.4 Å². The summed E-state index contributed by atoms with van der Waals surface area (Å²) in [6.07, 6.45) is 2.12. The van der Waals surface area contributed by atoms with E-state index in [2.05, 4.69) is 33.3 Å². The maximum atomic E-state index is 13.0. The monoisotopic (exact) mass is 452 g/mol. The van der Waals surface area contributed by atoms with Gasteiger partial charge in [-0.2, -0.15) is 11.8 Å². The Kier molecular flexibility index (Phi) is 9.04. The number of halogens is 2. The van der Waals surface area contributed by atoms with Gasteiger partial charge in [0.05, 0.1) is 0 Å². The van der Waals surface area contributed by atoms with Gasteiger partial charge in [0.2, 0.25) is 0 Å². The zero-order chi connectivity index (χ0) is 15.9. The number of benzene rings is 1. The van der Waals surface area contributed by atoms with Gasteiger partial charge in [-0.25, -0.2) is 4.39 Å². The molecule has 1 fully saturated rings. The Morgan fingerprint density at radius 3 is 2.39 bits per heavy atom. The molecule has 1 N–H and O–H groups in total. The van der Waals surface area contributed by atoms with Crippen molar-refractivity contribution in [3.8, 4) is 0 Å². The van der Waals surface area contributed by atoms with Crippen LogP contribution in [0.2, 0.25) is 0 Å². The molecule has 1 unspecified atom stereocenters. The van der Waals surface area contributed by atoms with Gasteiger partial charge in [-0.3, -0.25) is 4.99 Å². The number of hydrogen-bond acceptors (Lipinski definition) is 3. The molecule has 0 radical (unpaired) electrons. The largest absolute Gasteiger partial charge is 0.368 e. The molecule has 0 bridgehead atoms. The number of nitrogens with one attached hydrogen (secondary N) is 1. The molecule has 1 saturated heterocycles. The van der Waals surface area contributed by atoms with Crippen molar-refractivity contribution in [2.75, 3.05) is 50.9 Å². The van der Waals surface area contributed by atoms with Crippen molar-refractivity contribution in [3.05, 3.63) is 30.1 Å². The lowest BCUT2D eigenvalue weighted by molar-refractivity contribution is 0.373. The minimum atomic E-state index is -0.185. The molecule has 7 heteroatoms. The summed E-state index contributed by atoms with van der Waals surface area (Å²) in [6, 6.07) is 6.73. The molecule has 0 aliphatic carbocycles. The van der Waals surface area contributed by atoms with Crippen LogP contribution in [0, 0.1) is 5.82 Å². The number of rotatable bonds is 4. The quantitative estimate of drug-likeness (QED) is 0.433. The fourth-order valence-electron chi connectivity index (χ4n) is 2.48. The van der Waals surface area contributed by atoms with Crippen LogP contribution in [0.25, 0.3) is 0 Å². The summed E-state index contributed by atoms with van der Waals surface area (Å²) in [5.41, 5.74) is 1.08. The van der Waals surface area contributed by atoms with Crippen LogP contribution in [0.5, 0.6) is 0 Å². The highest BCUT2D eigenvalue weighted by Gasteiger charge is 2.20. The van der Waals surface area contributed by atoms with E-state index in [1.165, 1.54) is 12.1 Å². The zero-order valence-corrected chi connectivity index (χ0v) is 17.1. The Hall–Kier alpha value is -0.700. The number of aliphatic imine (C=N–C) groups is 1. The Bertz CT molecular complexity index is 489. The van der Waals surface area contributed by atoms with E-state index in [0.29, 0.717) is 5.25 Å². The summed E-state index contributed by atoms with van der Waals surface area (Å²) >= 11 is 1.85. The van der Waals surface area contributed by atoms with Crippen molar-refractivity contribution < 1.29 is 4.39 Å². The van der Waals surface area contributed by atoms with Gasteiger partial charge in [0.1, 0.15) is 5.82 Å². The minimum Gasteiger partial charge on any atom is -0.368 e. The lowest BCUT2D eigenvalue weighted by Gasteiger charge is -2.37. The Morgan fingerprint density at radius 1 is 1.26 bits per heavy atom. The van der Waals surface area contributed by atoms with Crippen molar-refractivity contribution in [1.82, 2.24) is 10.2 Å². The highest BCUT2D eigenvalue weighted by atomic mass is 127. The van der Waals surface area contributed by atoms with E-state index in [0.717, 1.165) is 44.4 Å². The molecule has 130 valence electrons. The first kappa shape index (κ1) is 20.3. The van der Waals surface area contributed by atoms with Crippen LogP contribution >= 0.6 is 35.7 Å². The molecule has 1 heterocycles. The molecule has 1 aromatic carbocycles. The Balaban J connectivity index is 0.00000264. The number of thioether (sulfide) groups is 1. The van der Waals surface area contributed by atoms with Crippen molar-refractivity contribution in [1.29, 1.82) is 0 Å². The van der Waals surface area contributed by atoms with Crippen LogP contribution in [0.3, 0.4) is 0 Å². The van der Waals surface area contributed by atoms with E-state index in [4.69, 9.17) is 0 Å². The van der Waals surface area contributed by atoms with Crippen LogP contribution < -0.4 is 10.2 Å². The molecule has 1 aliphatic rings. The molecule has 2 rings (SSSR count). The minimum absolute atomic E-state index is 0. The van der Waals surface area contributed by atoms with Crippen LogP contribution in [-0.4, -0.2) is 62.1 Å². The van der Waals surface area contributed by atoms with E-state index < -0.39 is 0 Å². The Morgan fingerprint density at radius 2 is 1.87 bits per heavy atom. The maximum Gasteiger partial charge on any atom is 0.193 e. The van der Waals surface area contributed by atoms with Gasteiger partial charge in [-0.05, 0) is 30.5 Å². The highest BCUT2D eigenvalue weighted by molar-refractivity contribution is 14.0. The van der Waals surface area contributed by atoms with Crippen molar-refractivity contribution in [2.45, 2.75) is 12.2 Å². The lowest BCUT2D eigenvalue weighted by atomic mass is 10.2. The van der Waals surface area contributed by atoms with Gasteiger partial charge in [-0.1, -0.05) is 6.92 Å². The van der Waals surface area contributed by atoms with Gasteiger partial charge in [0, 0.05) is 50.7 Å². The topological polar surface area (TPSA) is 30.9 Å². The third-order valence-electron chi connectivity index (χ3n) is 3.93. The van der Waals surface area contributed by atoms with Gasteiger partial charge in [-0.15, -0.1) is 24.0 Å². The molecule has 0 spiro atoms. The Labute approximate surface area is 159 Å². The second-order valence-corrected chi connectivity index (χ2v) is 6.70. The van der Waals surface area contributed by atoms with Crippen molar-refractivity contribution in [3.63, 3.8) is 0 Å². The standard InChI is InChI=1S/C16H25FN4S.HI/c1-13(22-3)12-19-16(18-2)21-10-8-20(9-11-21)15-6-4-14(17)5-7-15;/h4-7,13H,8-12H2,1-3H3,(H,18,19);1H. The van der Waals surface area contributed by atoms with Gasteiger partial charge < -0.3 is 15.1 Å². The molecular formula is C16H26FIN4S. The number of nitrogens with zero attached hydrogens (tertiary/aromatic N) is 3. The predicted octanol–water partition coefficient (Wildman–Crippen LogP) is 2.89.